The van der Waals surface area contributed by atoms with Crippen molar-refractivity contribution in [1.29, 1.82) is 0 Å². The molecule has 1 saturated carbocycles. The van der Waals surface area contributed by atoms with Gasteiger partial charge < -0.3 is 15.4 Å². The second kappa shape index (κ2) is 6.40. The number of thiophene rings is 1. The number of hydrogen-bond donors (Lipinski definition) is 1. The summed E-state index contributed by atoms with van der Waals surface area (Å²) in [6, 6.07) is 2.02. The lowest BCUT2D eigenvalue weighted by Gasteiger charge is -2.26. The Balaban J connectivity index is 2.21. The van der Waals surface area contributed by atoms with Crippen molar-refractivity contribution >= 4 is 17.2 Å². The lowest BCUT2D eigenvalue weighted by Crippen LogP contribution is -2.42. The highest BCUT2D eigenvalue weighted by atomic mass is 32.1. The molecule has 1 aromatic rings. The van der Waals surface area contributed by atoms with E-state index in [0.29, 0.717) is 26.2 Å². The van der Waals surface area contributed by atoms with Gasteiger partial charge in [0.15, 0.2) is 0 Å². The van der Waals surface area contributed by atoms with Gasteiger partial charge in [0.2, 0.25) is 5.91 Å². The van der Waals surface area contributed by atoms with Crippen LogP contribution in [0.5, 0.6) is 0 Å². The molecule has 0 aromatic carbocycles. The summed E-state index contributed by atoms with van der Waals surface area (Å²) in [4.78, 5) is 14.6. The van der Waals surface area contributed by atoms with E-state index >= 15 is 0 Å². The summed E-state index contributed by atoms with van der Waals surface area (Å²) in [5, 5.41) is 4.04. The Hall–Kier alpha value is -1.35. The first kappa shape index (κ1) is 15.0. The van der Waals surface area contributed by atoms with Crippen molar-refractivity contribution in [2.45, 2.75) is 11.8 Å². The Kier molecular flexibility index (Phi) is 4.81. The number of hydrogen-bond acceptors (Lipinski definition) is 4. The van der Waals surface area contributed by atoms with Crippen LogP contribution in [-0.2, 0) is 14.9 Å². The molecule has 0 aliphatic heterocycles. The molecule has 0 bridgehead atoms. The van der Waals surface area contributed by atoms with Crippen molar-refractivity contribution in [2.24, 2.45) is 11.7 Å². The highest BCUT2D eigenvalue weighted by molar-refractivity contribution is 7.08. The number of nitrogens with two attached hydrogens (primary N) is 1. The maximum Gasteiger partial charge on any atom is 0.234 e. The van der Waals surface area contributed by atoms with Crippen molar-refractivity contribution < 1.29 is 9.53 Å². The molecule has 108 valence electrons. The molecule has 0 radical (unpaired) electrons. The highest BCUT2D eigenvalue weighted by Gasteiger charge is 2.61. The van der Waals surface area contributed by atoms with E-state index in [4.69, 9.17) is 16.9 Å². The van der Waals surface area contributed by atoms with Crippen LogP contribution in [0, 0.1) is 18.3 Å². The number of terminal acetylenes is 1. The summed E-state index contributed by atoms with van der Waals surface area (Å²) in [5.41, 5.74) is 6.41. The number of nitrogens with zero attached hydrogens (tertiary/aromatic N) is 1. The molecule has 4 nitrogen and oxygen atoms in total. The summed E-state index contributed by atoms with van der Waals surface area (Å²) in [5.74, 6) is 2.86. The standard InChI is InChI=1S/C15H20N2O2S/c1-3-5-17(6-7-19-2)14(18)15(9-13(15)10-16)12-4-8-20-11-12/h1,4,8,11,13H,5-7,9-10,16H2,2H3/t13-,15+/m0/s1. The van der Waals surface area contributed by atoms with Crippen molar-refractivity contribution in [2.75, 3.05) is 33.4 Å². The van der Waals surface area contributed by atoms with E-state index in [-0.39, 0.29) is 11.8 Å². The second-order valence-corrected chi connectivity index (χ2v) is 5.82. The first-order valence-electron chi connectivity index (χ1n) is 6.65. The number of rotatable bonds is 7. The topological polar surface area (TPSA) is 55.6 Å². The Morgan fingerprint density at radius 2 is 2.55 bits per heavy atom. The lowest BCUT2D eigenvalue weighted by molar-refractivity contribution is -0.134. The van der Waals surface area contributed by atoms with Crippen LogP contribution >= 0.6 is 11.3 Å². The largest absolute Gasteiger partial charge is 0.383 e. The molecule has 1 amide bonds. The van der Waals surface area contributed by atoms with Crippen LogP contribution in [0.1, 0.15) is 12.0 Å². The van der Waals surface area contributed by atoms with Crippen molar-refractivity contribution in [3.8, 4) is 12.3 Å². The number of carbonyl (C=O) groups is 1. The molecular formula is C15H20N2O2S. The minimum Gasteiger partial charge on any atom is -0.383 e. The van der Waals surface area contributed by atoms with Gasteiger partial charge in [0.25, 0.3) is 0 Å². The predicted molar refractivity (Wildman–Crippen MR) is 80.4 cm³/mol. The summed E-state index contributed by atoms with van der Waals surface area (Å²) < 4.78 is 5.06. The van der Waals surface area contributed by atoms with Gasteiger partial charge >= 0.3 is 0 Å². The normalized spacial score (nSPS) is 24.1. The number of amides is 1. The fourth-order valence-corrected chi connectivity index (χ4v) is 3.46. The molecule has 1 heterocycles. The van der Waals surface area contributed by atoms with E-state index in [2.05, 4.69) is 5.92 Å². The maximum absolute atomic E-state index is 12.9. The van der Waals surface area contributed by atoms with Crippen molar-refractivity contribution in [1.82, 2.24) is 4.90 Å². The summed E-state index contributed by atoms with van der Waals surface area (Å²) in [6.45, 7) is 1.84. The van der Waals surface area contributed by atoms with Crippen LogP contribution in [0.25, 0.3) is 0 Å². The maximum atomic E-state index is 12.9. The molecule has 2 rings (SSSR count). The van der Waals surface area contributed by atoms with Crippen LogP contribution in [-0.4, -0.2) is 44.2 Å². The van der Waals surface area contributed by atoms with Gasteiger partial charge in [-0.25, -0.2) is 0 Å². The van der Waals surface area contributed by atoms with Crippen LogP contribution in [0.2, 0.25) is 0 Å². The number of methoxy groups -OCH3 is 1. The second-order valence-electron chi connectivity index (χ2n) is 5.04. The Morgan fingerprint density at radius 1 is 1.75 bits per heavy atom. The first-order valence-corrected chi connectivity index (χ1v) is 7.59. The third kappa shape index (κ3) is 2.59. The van der Waals surface area contributed by atoms with Gasteiger partial charge in [0, 0.05) is 13.7 Å². The molecule has 0 spiro atoms. The zero-order valence-electron chi connectivity index (χ0n) is 11.7. The van der Waals surface area contributed by atoms with E-state index in [1.807, 2.05) is 16.8 Å². The van der Waals surface area contributed by atoms with Gasteiger partial charge in [-0.15, -0.1) is 6.42 Å². The fraction of sp³-hybridized carbons (Fsp3) is 0.533. The SMILES string of the molecule is C#CCN(CCOC)C(=O)[C@@]1(c2ccsc2)C[C@H]1CN. The molecule has 5 heteroatoms. The smallest absolute Gasteiger partial charge is 0.234 e. The first-order chi connectivity index (χ1) is 9.70. The molecule has 2 atom stereocenters. The van der Waals surface area contributed by atoms with Crippen molar-refractivity contribution in [3.05, 3.63) is 22.4 Å². The monoisotopic (exact) mass is 292 g/mol. The van der Waals surface area contributed by atoms with E-state index in [1.165, 1.54) is 0 Å². The third-order valence-corrected chi connectivity index (χ3v) is 4.63. The molecular weight excluding hydrogens is 272 g/mol. The van der Waals surface area contributed by atoms with E-state index < -0.39 is 5.41 Å². The number of ether oxygens (including phenoxy) is 1. The third-order valence-electron chi connectivity index (χ3n) is 3.94. The molecule has 1 aliphatic carbocycles. The van der Waals surface area contributed by atoms with E-state index in [1.54, 1.807) is 23.3 Å². The molecule has 1 aliphatic rings. The van der Waals surface area contributed by atoms with Crippen LogP contribution in [0.4, 0.5) is 0 Å². The minimum atomic E-state index is -0.459. The molecule has 20 heavy (non-hydrogen) atoms. The molecule has 1 fully saturated rings. The highest BCUT2D eigenvalue weighted by Crippen LogP contribution is 2.55. The average Bonchev–Trinajstić information content (AvgIpc) is 2.95. The molecule has 0 unspecified atom stereocenters. The Bertz CT molecular complexity index is 494. The average molecular weight is 292 g/mol. The zero-order chi connectivity index (χ0) is 14.6. The van der Waals surface area contributed by atoms with Crippen LogP contribution in [0.15, 0.2) is 16.8 Å². The Labute approximate surface area is 123 Å². The van der Waals surface area contributed by atoms with Gasteiger partial charge in [-0.2, -0.15) is 11.3 Å². The van der Waals surface area contributed by atoms with Gasteiger partial charge in [0.1, 0.15) is 0 Å². The van der Waals surface area contributed by atoms with Crippen LogP contribution in [0.3, 0.4) is 0 Å². The van der Waals surface area contributed by atoms with Crippen molar-refractivity contribution in [3.63, 3.8) is 0 Å². The van der Waals surface area contributed by atoms with E-state index in [9.17, 15) is 4.79 Å². The predicted octanol–water partition coefficient (Wildman–Crippen LogP) is 1.07. The molecule has 2 N–H and O–H groups in total. The summed E-state index contributed by atoms with van der Waals surface area (Å²) >= 11 is 1.60. The van der Waals surface area contributed by atoms with E-state index in [0.717, 1.165) is 12.0 Å². The lowest BCUT2D eigenvalue weighted by atomic mass is 9.94. The van der Waals surface area contributed by atoms with Gasteiger partial charge in [-0.3, -0.25) is 4.79 Å². The minimum absolute atomic E-state index is 0.0846. The van der Waals surface area contributed by atoms with Crippen LogP contribution < -0.4 is 5.73 Å². The molecule has 0 saturated heterocycles. The number of carbonyl (C=O) groups excluding carboxylic acids is 1. The quantitative estimate of drug-likeness (QED) is 0.765. The fourth-order valence-electron chi connectivity index (χ4n) is 2.72. The summed E-state index contributed by atoms with van der Waals surface area (Å²) in [6.07, 6.45) is 6.19. The Morgan fingerprint density at radius 3 is 3.05 bits per heavy atom. The molecule has 1 aromatic heterocycles. The van der Waals surface area contributed by atoms with Gasteiger partial charge in [0.05, 0.1) is 18.6 Å². The van der Waals surface area contributed by atoms with Gasteiger partial charge in [-0.05, 0) is 41.3 Å². The summed E-state index contributed by atoms with van der Waals surface area (Å²) in [7, 11) is 1.62. The van der Waals surface area contributed by atoms with Gasteiger partial charge in [-0.1, -0.05) is 5.92 Å². The zero-order valence-corrected chi connectivity index (χ0v) is 12.5.